The lowest BCUT2D eigenvalue weighted by Crippen LogP contribution is -2.19. The number of benzene rings is 4. The topological polar surface area (TPSA) is 114 Å². The summed E-state index contributed by atoms with van der Waals surface area (Å²) in [5.41, 5.74) is 16.6. The molecule has 42 heavy (non-hydrogen) atoms. The van der Waals surface area contributed by atoms with Crippen LogP contribution in [0.5, 0.6) is 17.2 Å². The number of halogens is 3. The van der Waals surface area contributed by atoms with Crippen LogP contribution >= 0.6 is 0 Å². The lowest BCUT2D eigenvalue weighted by Gasteiger charge is -2.13. The number of ether oxygens (including phenoxy) is 3. The number of rotatable bonds is 9. The Balaban J connectivity index is 1.44. The summed E-state index contributed by atoms with van der Waals surface area (Å²) in [6.07, 6.45) is -1.48. The quantitative estimate of drug-likeness (QED) is 0.0733. The molecule has 0 fully saturated rings. The minimum Gasteiger partial charge on any atom is -0.493 e. The number of ketones is 1. The number of nitrogen functional groups attached to an aromatic ring is 2. The average Bonchev–Trinajstić information content (AvgIpc) is 2.96. The van der Waals surface area contributed by atoms with E-state index in [0.717, 1.165) is 16.7 Å². The van der Waals surface area contributed by atoms with Crippen LogP contribution in [0.1, 0.15) is 31.8 Å². The van der Waals surface area contributed by atoms with Gasteiger partial charge in [0, 0.05) is 16.9 Å². The van der Waals surface area contributed by atoms with Crippen LogP contribution < -0.4 is 25.7 Å². The van der Waals surface area contributed by atoms with Crippen molar-refractivity contribution in [2.24, 2.45) is 0 Å². The highest BCUT2D eigenvalue weighted by Crippen LogP contribution is 2.32. The molecule has 7 nitrogen and oxygen atoms in total. The zero-order valence-corrected chi connectivity index (χ0v) is 22.7. The molecule has 4 rings (SSSR count). The third kappa shape index (κ3) is 7.28. The molecule has 0 unspecified atom stereocenters. The summed E-state index contributed by atoms with van der Waals surface area (Å²) in [5.74, 6) is -1.01. The number of esters is 1. The van der Waals surface area contributed by atoms with Gasteiger partial charge in [-0.1, -0.05) is 36.4 Å². The minimum absolute atomic E-state index is 0.0475. The number of hydrogen-bond donors (Lipinski definition) is 2. The number of methoxy groups -OCH3 is 1. The van der Waals surface area contributed by atoms with Crippen molar-refractivity contribution in [3.63, 3.8) is 0 Å². The van der Waals surface area contributed by atoms with Gasteiger partial charge >= 0.3 is 12.1 Å². The van der Waals surface area contributed by atoms with Crippen LogP contribution in [0.3, 0.4) is 0 Å². The largest absolute Gasteiger partial charge is 0.493 e. The van der Waals surface area contributed by atoms with E-state index in [1.165, 1.54) is 31.4 Å². The molecule has 0 aliphatic rings. The number of nitrogens with two attached hydrogens (primary N) is 2. The summed E-state index contributed by atoms with van der Waals surface area (Å²) in [4.78, 5) is 25.7. The maximum absolute atomic E-state index is 13.1. The van der Waals surface area contributed by atoms with Gasteiger partial charge in [-0.25, -0.2) is 4.79 Å². The van der Waals surface area contributed by atoms with E-state index in [1.807, 2.05) is 25.1 Å². The molecule has 0 saturated carbocycles. The van der Waals surface area contributed by atoms with Crippen LogP contribution in [0.25, 0.3) is 17.2 Å². The molecule has 4 aromatic carbocycles. The van der Waals surface area contributed by atoms with Crippen molar-refractivity contribution >= 4 is 29.2 Å². The first-order chi connectivity index (χ1) is 19.9. The number of anilines is 2. The van der Waals surface area contributed by atoms with Crippen molar-refractivity contribution in [3.05, 3.63) is 107 Å². The molecule has 0 aliphatic carbocycles. The van der Waals surface area contributed by atoms with E-state index in [0.29, 0.717) is 22.5 Å². The van der Waals surface area contributed by atoms with E-state index in [1.54, 1.807) is 48.5 Å². The van der Waals surface area contributed by atoms with Crippen LogP contribution in [0.15, 0.2) is 84.9 Å². The zero-order valence-electron chi connectivity index (χ0n) is 22.7. The normalized spacial score (nSPS) is 11.4. The Morgan fingerprint density at radius 3 is 2.21 bits per heavy atom. The van der Waals surface area contributed by atoms with E-state index in [2.05, 4.69) is 0 Å². The molecule has 4 aromatic rings. The van der Waals surface area contributed by atoms with Gasteiger partial charge in [-0.2, -0.15) is 13.2 Å². The standard InChI is InChI=1S/C32H27F3N2O5/c1-19-25(21-6-9-23(36)10-7-21)13-14-26(37)30(19)27(38)15-5-20-3-11-24(12-4-20)42-31(39)22-8-16-28(29(17-22)40-2)41-18-32(33,34)35/h3-17H,18,36-37H2,1-2H3/b15-5+. The Kier molecular flexibility index (Phi) is 8.85. The van der Waals surface area contributed by atoms with Crippen molar-refractivity contribution in [3.8, 4) is 28.4 Å². The van der Waals surface area contributed by atoms with Crippen molar-refractivity contribution < 1.29 is 37.0 Å². The van der Waals surface area contributed by atoms with Gasteiger partial charge in [0.25, 0.3) is 0 Å². The third-order valence-electron chi connectivity index (χ3n) is 6.27. The zero-order chi connectivity index (χ0) is 30.4. The molecule has 4 N–H and O–H groups in total. The molecule has 0 spiro atoms. The number of carbonyl (C=O) groups is 2. The fraction of sp³-hybridized carbons (Fsp3) is 0.125. The average molecular weight is 577 g/mol. The van der Waals surface area contributed by atoms with E-state index in [-0.39, 0.29) is 28.6 Å². The number of allylic oxidation sites excluding steroid dienone is 1. The smallest absolute Gasteiger partial charge is 0.422 e. The summed E-state index contributed by atoms with van der Waals surface area (Å²) in [6, 6.07) is 21.0. The summed E-state index contributed by atoms with van der Waals surface area (Å²) in [7, 11) is 1.24. The van der Waals surface area contributed by atoms with Gasteiger partial charge in [-0.15, -0.1) is 0 Å². The first-order valence-corrected chi connectivity index (χ1v) is 12.6. The van der Waals surface area contributed by atoms with Crippen LogP contribution in [0, 0.1) is 6.92 Å². The maximum Gasteiger partial charge on any atom is 0.422 e. The molecular weight excluding hydrogens is 549 g/mol. The Labute approximate surface area is 240 Å². The second-order valence-electron chi connectivity index (χ2n) is 9.25. The Bertz CT molecular complexity index is 1630. The monoisotopic (exact) mass is 576 g/mol. The molecule has 216 valence electrons. The lowest BCUT2D eigenvalue weighted by atomic mass is 9.93. The highest BCUT2D eigenvalue weighted by Gasteiger charge is 2.29. The molecule has 0 radical (unpaired) electrons. The van der Waals surface area contributed by atoms with Crippen LogP contribution in [0.4, 0.5) is 24.5 Å². The molecular formula is C32H27F3N2O5. The van der Waals surface area contributed by atoms with E-state index >= 15 is 0 Å². The minimum atomic E-state index is -4.52. The van der Waals surface area contributed by atoms with Gasteiger partial charge in [0.05, 0.1) is 12.7 Å². The van der Waals surface area contributed by atoms with Crippen molar-refractivity contribution in [1.29, 1.82) is 0 Å². The van der Waals surface area contributed by atoms with Gasteiger partial charge in [0.1, 0.15) is 5.75 Å². The second kappa shape index (κ2) is 12.5. The SMILES string of the molecule is COc1cc(C(=O)Oc2ccc(/C=C/C(=O)c3c(N)ccc(-c4ccc(N)cc4)c3C)cc2)ccc1OCC(F)(F)F. The second-order valence-corrected chi connectivity index (χ2v) is 9.25. The number of hydrogen-bond acceptors (Lipinski definition) is 7. The van der Waals surface area contributed by atoms with E-state index in [4.69, 9.17) is 25.7 Å². The van der Waals surface area contributed by atoms with Crippen molar-refractivity contribution in [1.82, 2.24) is 0 Å². The predicted octanol–water partition coefficient (Wildman–Crippen LogP) is 6.89. The first-order valence-electron chi connectivity index (χ1n) is 12.6. The maximum atomic E-state index is 13.1. The molecule has 0 aliphatic heterocycles. The van der Waals surface area contributed by atoms with Gasteiger partial charge in [0.2, 0.25) is 0 Å². The highest BCUT2D eigenvalue weighted by atomic mass is 19.4. The van der Waals surface area contributed by atoms with Crippen LogP contribution in [-0.2, 0) is 0 Å². The fourth-order valence-electron chi connectivity index (χ4n) is 4.18. The van der Waals surface area contributed by atoms with Crippen LogP contribution in [-0.4, -0.2) is 31.6 Å². The summed E-state index contributed by atoms with van der Waals surface area (Å²) in [5, 5.41) is 0. The molecule has 0 heterocycles. The van der Waals surface area contributed by atoms with Crippen LogP contribution in [0.2, 0.25) is 0 Å². The molecule has 0 aromatic heterocycles. The highest BCUT2D eigenvalue weighted by molar-refractivity contribution is 6.12. The fourth-order valence-corrected chi connectivity index (χ4v) is 4.18. The van der Waals surface area contributed by atoms with Gasteiger partial charge in [-0.3, -0.25) is 4.79 Å². The summed E-state index contributed by atoms with van der Waals surface area (Å²) < 4.78 is 52.5. The van der Waals surface area contributed by atoms with Crippen molar-refractivity contribution in [2.45, 2.75) is 13.1 Å². The number of alkyl halides is 3. The van der Waals surface area contributed by atoms with Gasteiger partial charge in [-0.05, 0) is 83.8 Å². The molecule has 0 amide bonds. The molecule has 10 heteroatoms. The summed E-state index contributed by atoms with van der Waals surface area (Å²) >= 11 is 0. The summed E-state index contributed by atoms with van der Waals surface area (Å²) in [6.45, 7) is 0.341. The Morgan fingerprint density at radius 1 is 0.881 bits per heavy atom. The third-order valence-corrected chi connectivity index (χ3v) is 6.27. The van der Waals surface area contributed by atoms with Crippen molar-refractivity contribution in [2.75, 3.05) is 25.2 Å². The number of carbonyl (C=O) groups excluding carboxylic acids is 2. The molecule has 0 saturated heterocycles. The molecule has 0 atom stereocenters. The van der Waals surface area contributed by atoms with E-state index in [9.17, 15) is 22.8 Å². The first kappa shape index (κ1) is 29.7. The van der Waals surface area contributed by atoms with Gasteiger partial charge < -0.3 is 25.7 Å². The predicted molar refractivity (Wildman–Crippen MR) is 155 cm³/mol. The van der Waals surface area contributed by atoms with E-state index < -0.39 is 18.8 Å². The molecule has 0 bridgehead atoms. The Hall–Kier alpha value is -5.25. The lowest BCUT2D eigenvalue weighted by molar-refractivity contribution is -0.153. The Morgan fingerprint density at radius 2 is 1.57 bits per heavy atom. The van der Waals surface area contributed by atoms with Gasteiger partial charge in [0.15, 0.2) is 23.9 Å².